The number of amides is 1. The fraction of sp³-hybridized carbons (Fsp3) is 0.333. The van der Waals surface area contributed by atoms with Gasteiger partial charge in [-0.25, -0.2) is 19.7 Å². The molecule has 25 heteroatoms. The van der Waals surface area contributed by atoms with Crippen LogP contribution in [0.15, 0.2) is 212 Å². The average Bonchev–Trinajstić information content (AvgIpc) is 0.837. The second-order valence-corrected chi connectivity index (χ2v) is 26.7. The normalized spacial score (nSPS) is 14.7. The van der Waals surface area contributed by atoms with Gasteiger partial charge in [-0.1, -0.05) is 140 Å². The quantitative estimate of drug-likeness (QED) is 0.0535. The zero-order chi connectivity index (χ0) is 70.6. The molecule has 3 N–H and O–H groups in total. The van der Waals surface area contributed by atoms with E-state index in [9.17, 15) is 14.7 Å². The number of phenols is 1. The number of aromatic nitrogens is 6. The van der Waals surface area contributed by atoms with E-state index in [1.54, 1.807) is 26.0 Å². The van der Waals surface area contributed by atoms with E-state index in [-0.39, 0.29) is 5.75 Å². The van der Waals surface area contributed by atoms with E-state index in [4.69, 9.17) is 49.1 Å². The van der Waals surface area contributed by atoms with Crippen molar-refractivity contribution >= 4 is 65.0 Å². The summed E-state index contributed by atoms with van der Waals surface area (Å²) in [4.78, 5) is 70.0. The van der Waals surface area contributed by atoms with Gasteiger partial charge in [0, 0.05) is 93.2 Å². The van der Waals surface area contributed by atoms with E-state index in [0.29, 0.717) is 66.8 Å². The molecule has 3 fully saturated rings. The third kappa shape index (κ3) is 23.4. The summed E-state index contributed by atoms with van der Waals surface area (Å²) in [7, 11) is 7.72. The molecule has 0 aliphatic carbocycles. The monoisotopic (exact) mass is 1410 g/mol. The molecule has 12 rings (SSSR count). The lowest BCUT2D eigenvalue weighted by atomic mass is 10.2. The van der Waals surface area contributed by atoms with E-state index in [1.165, 1.54) is 42.4 Å². The molecule has 0 saturated carbocycles. The number of anilines is 3. The van der Waals surface area contributed by atoms with E-state index in [2.05, 4.69) is 65.5 Å². The Morgan fingerprint density at radius 3 is 1.02 bits per heavy atom. The third-order valence-electron chi connectivity index (χ3n) is 15.9. The van der Waals surface area contributed by atoms with Crippen molar-refractivity contribution in [3.05, 3.63) is 199 Å². The van der Waals surface area contributed by atoms with Crippen LogP contribution in [0.25, 0.3) is 0 Å². The van der Waals surface area contributed by atoms with Gasteiger partial charge in [-0.2, -0.15) is 15.0 Å². The fourth-order valence-electron chi connectivity index (χ4n) is 9.96. The molecule has 2 unspecified atom stereocenters. The molecule has 6 heterocycles. The molecule has 3 saturated heterocycles. The lowest BCUT2D eigenvalue weighted by molar-refractivity contribution is -0.147. The highest BCUT2D eigenvalue weighted by atomic mass is 32.2. The van der Waals surface area contributed by atoms with Gasteiger partial charge >= 0.3 is 5.97 Å². The fourth-order valence-corrected chi connectivity index (χ4v) is 12.4. The molecule has 0 spiro atoms. The summed E-state index contributed by atoms with van der Waals surface area (Å²) >= 11 is 4.56. The molecule has 2 atom stereocenters. The maximum Gasteiger partial charge on any atom is 0.346 e. The van der Waals surface area contributed by atoms with Crippen LogP contribution in [0.4, 0.5) is 17.8 Å². The van der Waals surface area contributed by atoms with E-state index >= 15 is 0 Å². The molecule has 0 bridgehead atoms. The minimum Gasteiger partial charge on any atom is -0.508 e. The Labute approximate surface area is 599 Å². The predicted octanol–water partition coefficient (Wildman–Crippen LogP) is 11.8. The van der Waals surface area contributed by atoms with Gasteiger partial charge in [0.05, 0.1) is 40.4 Å². The number of hydrogen-bond acceptors (Lipinski definition) is 24. The van der Waals surface area contributed by atoms with Gasteiger partial charge in [0.25, 0.3) is 5.91 Å². The minimum absolute atomic E-state index is 0.247. The van der Waals surface area contributed by atoms with Gasteiger partial charge in [-0.05, 0) is 124 Å². The van der Waals surface area contributed by atoms with Gasteiger partial charge in [-0.15, -0.1) is 0 Å². The molecule has 1 amide bonds. The Morgan fingerprint density at radius 2 is 0.730 bits per heavy atom. The van der Waals surface area contributed by atoms with Crippen LogP contribution >= 0.6 is 35.3 Å². The van der Waals surface area contributed by atoms with Crippen molar-refractivity contribution in [1.82, 2.24) is 44.6 Å². The molecule has 3 aliphatic heterocycles. The van der Waals surface area contributed by atoms with Gasteiger partial charge in [0.1, 0.15) is 37.1 Å². The molecular weight excluding hydrogens is 1320 g/mol. The SMILES string of the molecule is CC.CC(Oc1ccc(Sc2cnc(N3CCN(C)CC3)nc2OCc2ccccc2)cc1)C(N)=O.CN1CCN(c2ncc(Sc3ccc(O)cc3)c(OCc3ccccc3)n2)CC1.COC(=O)C(C)Oc1ccc(Sc2cnc(N3CCN(C)CC3)nc2OCc2ccccc2)cc1. The molecule has 22 nitrogen and oxygen atoms in total. The Balaban J connectivity index is 0.000000173. The number of benzene rings is 6. The second kappa shape index (κ2) is 38.8. The number of hydrogen-bond donors (Lipinski definition) is 2. The number of methoxy groups -OCH3 is 1. The molecule has 6 aromatic carbocycles. The average molecular weight is 1410 g/mol. The van der Waals surface area contributed by atoms with Crippen molar-refractivity contribution in [3.63, 3.8) is 0 Å². The third-order valence-corrected chi connectivity index (χ3v) is 18.9. The van der Waals surface area contributed by atoms with Crippen LogP contribution < -0.4 is 44.1 Å². The number of carbonyl (C=O) groups is 2. The number of piperazine rings is 3. The van der Waals surface area contributed by atoms with Crippen molar-refractivity contribution in [2.24, 2.45) is 5.73 Å². The van der Waals surface area contributed by atoms with Gasteiger partial charge in [0.15, 0.2) is 12.2 Å². The van der Waals surface area contributed by atoms with E-state index in [0.717, 1.165) is 125 Å². The first-order chi connectivity index (χ1) is 48.7. The first-order valence-corrected chi connectivity index (χ1v) is 35.8. The Hall–Kier alpha value is -9.37. The number of ether oxygens (including phenoxy) is 6. The number of aromatic hydroxyl groups is 1. The maximum absolute atomic E-state index is 11.6. The first kappa shape index (κ1) is 74.8. The van der Waals surface area contributed by atoms with Crippen molar-refractivity contribution in [2.45, 2.75) is 89.1 Å². The van der Waals surface area contributed by atoms with Gasteiger partial charge in [-0.3, -0.25) is 4.79 Å². The summed E-state index contributed by atoms with van der Waals surface area (Å²) in [6, 6.07) is 52.2. The molecule has 100 heavy (non-hydrogen) atoms. The second-order valence-electron chi connectivity index (χ2n) is 23.4. The van der Waals surface area contributed by atoms with Crippen LogP contribution in [0.5, 0.6) is 34.9 Å². The molecule has 3 aromatic heterocycles. The molecule has 0 radical (unpaired) electrons. The van der Waals surface area contributed by atoms with Crippen LogP contribution in [0.3, 0.4) is 0 Å². The molecule has 526 valence electrons. The molecular formula is C75H89N13O9S3. The van der Waals surface area contributed by atoms with Crippen LogP contribution in [-0.2, 0) is 34.1 Å². The summed E-state index contributed by atoms with van der Waals surface area (Å²) < 4.78 is 34.3. The van der Waals surface area contributed by atoms with Gasteiger partial charge in [0.2, 0.25) is 35.5 Å². The maximum atomic E-state index is 11.6. The lowest BCUT2D eigenvalue weighted by Crippen LogP contribution is -2.45. The number of nitrogens with two attached hydrogens (primary N) is 1. The standard InChI is InChI=1S/C26H30N4O4S.C25H29N5O3S.C22H24N4O2S.C2H6/c1-19(25(31)32-3)34-21-9-11-22(12-10-21)35-23-17-27-26(30-15-13-29(2)14-16-30)28-24(23)33-18-20-7-5-4-6-8-20;1-18(23(26)31)33-20-8-10-21(11-9-20)34-22-16-27-25(30-14-12-29(2)13-15-30)28-24(22)32-17-19-6-4-3-5-7-19;1-25-11-13-26(14-12-25)22-23-15-20(29-19-9-7-18(27)8-10-19)21(24-22)28-16-17-5-3-2-4-6-17;1-2/h4-12,17,19H,13-16,18H2,1-3H3;3-11,16,18H,12-15,17H2,1-2H3,(H2,26,31);2-10,15,27H,11-14,16H2,1H3;1-2H3. The zero-order valence-corrected chi connectivity index (χ0v) is 60.4. The number of esters is 1. The Morgan fingerprint density at radius 1 is 0.440 bits per heavy atom. The van der Waals surface area contributed by atoms with Crippen molar-refractivity contribution in [3.8, 4) is 34.9 Å². The Kier molecular flexibility index (Phi) is 29.1. The van der Waals surface area contributed by atoms with Crippen molar-refractivity contribution < 1.29 is 43.1 Å². The highest BCUT2D eigenvalue weighted by Crippen LogP contribution is 2.39. The number of nitrogens with zero attached hydrogens (tertiary/aromatic N) is 12. The van der Waals surface area contributed by atoms with Crippen LogP contribution in [0.1, 0.15) is 44.4 Å². The topological polar surface area (TPSA) is 233 Å². The Bertz CT molecular complexity index is 3940. The van der Waals surface area contributed by atoms with Crippen LogP contribution in [0, 0.1) is 0 Å². The zero-order valence-electron chi connectivity index (χ0n) is 58.0. The van der Waals surface area contributed by atoms with E-state index in [1.807, 2.05) is 184 Å². The lowest BCUT2D eigenvalue weighted by Gasteiger charge is -2.32. The number of phenolic OH excluding ortho intramolecular Hbond substituents is 1. The largest absolute Gasteiger partial charge is 0.508 e. The van der Waals surface area contributed by atoms with Crippen LogP contribution in [0.2, 0.25) is 0 Å². The van der Waals surface area contributed by atoms with Gasteiger partial charge < -0.3 is 68.7 Å². The smallest absolute Gasteiger partial charge is 0.346 e. The summed E-state index contributed by atoms with van der Waals surface area (Å²) in [5, 5.41) is 9.52. The highest BCUT2D eigenvalue weighted by molar-refractivity contribution is 8.00. The predicted molar refractivity (Wildman–Crippen MR) is 394 cm³/mol. The number of primary amides is 1. The summed E-state index contributed by atoms with van der Waals surface area (Å²) in [5.74, 6) is 4.27. The first-order valence-electron chi connectivity index (χ1n) is 33.3. The highest BCUT2D eigenvalue weighted by Gasteiger charge is 2.24. The number of rotatable bonds is 24. The minimum atomic E-state index is -0.688. The number of carbonyl (C=O) groups excluding carboxylic acids is 2. The van der Waals surface area contributed by atoms with Crippen molar-refractivity contribution in [2.75, 3.05) is 121 Å². The number of likely N-dealkylation sites (N-methyl/N-ethyl adjacent to an activating group) is 3. The summed E-state index contributed by atoms with van der Waals surface area (Å²) in [6.07, 6.45) is 4.12. The van der Waals surface area contributed by atoms with Crippen LogP contribution in [-0.4, -0.2) is 181 Å². The van der Waals surface area contributed by atoms with E-state index < -0.39 is 24.1 Å². The summed E-state index contributed by atoms with van der Waals surface area (Å²) in [5.41, 5.74) is 8.51. The van der Waals surface area contributed by atoms with Crippen molar-refractivity contribution in [1.29, 1.82) is 0 Å². The molecule has 9 aromatic rings. The molecule has 3 aliphatic rings. The summed E-state index contributed by atoms with van der Waals surface area (Å²) in [6.45, 7) is 19.8.